The van der Waals surface area contributed by atoms with Gasteiger partial charge in [0.05, 0.1) is 30.0 Å². The van der Waals surface area contributed by atoms with Crippen molar-refractivity contribution in [2.45, 2.75) is 49.8 Å². The second kappa shape index (κ2) is 11.5. The summed E-state index contributed by atoms with van der Waals surface area (Å²) in [5.41, 5.74) is 4.73. The van der Waals surface area contributed by atoms with E-state index >= 15 is 0 Å². The van der Waals surface area contributed by atoms with Gasteiger partial charge in [0.15, 0.2) is 17.7 Å². The van der Waals surface area contributed by atoms with Crippen LogP contribution in [-0.2, 0) is 18.6 Å². The molecule has 3 heterocycles. The van der Waals surface area contributed by atoms with Gasteiger partial charge in [-0.25, -0.2) is 13.8 Å². The van der Waals surface area contributed by atoms with Crippen molar-refractivity contribution in [1.82, 2.24) is 9.55 Å². The van der Waals surface area contributed by atoms with Crippen LogP contribution in [-0.4, -0.2) is 63.8 Å². The molecule has 4 rings (SSSR count). The van der Waals surface area contributed by atoms with Crippen molar-refractivity contribution in [3.63, 3.8) is 0 Å². The van der Waals surface area contributed by atoms with Gasteiger partial charge in [-0.2, -0.15) is 4.98 Å². The lowest BCUT2D eigenvalue weighted by molar-refractivity contribution is -0.151. The Hall–Kier alpha value is -2.80. The van der Waals surface area contributed by atoms with Gasteiger partial charge in [0.25, 0.3) is 0 Å². The average molecular weight is 574 g/mol. The number of hydrogen-bond acceptors (Lipinski definition) is 12. The molecule has 1 aromatic carbocycles. The first kappa shape index (κ1) is 28.2. The number of halogens is 1. The first-order valence-corrected chi connectivity index (χ1v) is 14.5. The van der Waals surface area contributed by atoms with Crippen molar-refractivity contribution < 1.29 is 42.1 Å². The number of anilines is 1. The van der Waals surface area contributed by atoms with Gasteiger partial charge >= 0.3 is 19.3 Å². The predicted molar refractivity (Wildman–Crippen MR) is 136 cm³/mol. The second-order valence-electron chi connectivity index (χ2n) is 9.12. The summed E-state index contributed by atoms with van der Waals surface area (Å²) in [5.74, 6) is -0.459. The van der Waals surface area contributed by atoms with E-state index in [4.69, 9.17) is 29.0 Å². The standard InChI is InChI=1S/C23H29FN3O9PS/c1-12(2)35-22(29)13(3)10-37(31,36-14-4-5-15-16(8-14)33-11-32-15)34-9-17-20(28)19(24)21(38-17)27-7-6-18(25)26-23(27)30/h4-8,12-13,17,19-21,28H,9-11H2,1-3H3,(H2,25,26,30)/t13-,17-,19+,20-,21-,37+/m1/s1. The van der Waals surface area contributed by atoms with Crippen molar-refractivity contribution in [3.8, 4) is 17.2 Å². The number of thioether (sulfide) groups is 1. The maximum absolute atomic E-state index is 15.0. The molecule has 0 bridgehead atoms. The van der Waals surface area contributed by atoms with Crippen molar-refractivity contribution in [1.29, 1.82) is 0 Å². The Labute approximate surface area is 222 Å². The molecule has 6 atom stereocenters. The lowest BCUT2D eigenvalue weighted by atomic mass is 10.1. The van der Waals surface area contributed by atoms with Gasteiger partial charge in [0.2, 0.25) is 6.79 Å². The molecule has 0 saturated carbocycles. The van der Waals surface area contributed by atoms with Crippen LogP contribution in [0.1, 0.15) is 26.1 Å². The zero-order valence-corrected chi connectivity index (χ0v) is 22.6. The minimum atomic E-state index is -4.07. The molecular weight excluding hydrogens is 544 g/mol. The highest BCUT2D eigenvalue weighted by Crippen LogP contribution is 2.53. The van der Waals surface area contributed by atoms with E-state index in [-0.39, 0.29) is 30.6 Å². The quantitative estimate of drug-likeness (QED) is 0.316. The number of rotatable bonds is 10. The lowest BCUT2D eigenvalue weighted by Crippen LogP contribution is -2.33. The number of aromatic nitrogens is 2. The van der Waals surface area contributed by atoms with Gasteiger partial charge in [-0.05, 0) is 32.0 Å². The number of alkyl halides is 1. The van der Waals surface area contributed by atoms with Crippen LogP contribution in [0.5, 0.6) is 17.2 Å². The molecule has 208 valence electrons. The van der Waals surface area contributed by atoms with E-state index in [9.17, 15) is 23.7 Å². The zero-order chi connectivity index (χ0) is 27.6. The number of benzene rings is 1. The summed E-state index contributed by atoms with van der Waals surface area (Å²) in [6.45, 7) is 4.53. The Bertz CT molecular complexity index is 1280. The number of aliphatic hydroxyl groups excluding tert-OH is 1. The fourth-order valence-corrected chi connectivity index (χ4v) is 7.24. The number of aliphatic hydroxyl groups is 1. The first-order valence-electron chi connectivity index (χ1n) is 11.8. The molecule has 0 amide bonds. The normalized spacial score (nSPS) is 24.7. The number of esters is 1. The Morgan fingerprint density at radius 2 is 2.05 bits per heavy atom. The molecule has 1 fully saturated rings. The smallest absolute Gasteiger partial charge is 0.380 e. The fraction of sp³-hybridized carbons (Fsp3) is 0.522. The molecule has 1 saturated heterocycles. The SMILES string of the molecule is CC(C)OC(=O)[C@H](C)C[P@](=O)(OC[C@H]1S[C@@H](n2ccc(N)nc2=O)[C@@H](F)[C@@H]1O)Oc1ccc2c(c1)OCO2. The number of hydrogen-bond donors (Lipinski definition) is 2. The third-order valence-corrected chi connectivity index (χ3v) is 9.25. The molecule has 15 heteroatoms. The minimum Gasteiger partial charge on any atom is -0.463 e. The molecule has 12 nitrogen and oxygen atoms in total. The number of carbonyl (C=O) groups is 1. The highest BCUT2D eigenvalue weighted by atomic mass is 32.2. The summed E-state index contributed by atoms with van der Waals surface area (Å²) in [6.07, 6.45) is -2.82. The first-order chi connectivity index (χ1) is 18.0. The van der Waals surface area contributed by atoms with E-state index in [2.05, 4.69) is 4.98 Å². The van der Waals surface area contributed by atoms with Crippen LogP contribution >= 0.6 is 19.4 Å². The van der Waals surface area contributed by atoms with Crippen LogP contribution in [0.15, 0.2) is 35.3 Å². The lowest BCUT2D eigenvalue weighted by Gasteiger charge is -2.24. The summed E-state index contributed by atoms with van der Waals surface area (Å²) in [7, 11) is -4.07. The van der Waals surface area contributed by atoms with E-state index < -0.39 is 54.7 Å². The number of fused-ring (bicyclic) bond motifs is 1. The van der Waals surface area contributed by atoms with E-state index in [1.165, 1.54) is 31.3 Å². The summed E-state index contributed by atoms with van der Waals surface area (Å²) >= 11 is 0.924. The highest BCUT2D eigenvalue weighted by molar-refractivity contribution is 8.00. The molecule has 0 unspecified atom stereocenters. The average Bonchev–Trinajstić information content (AvgIpc) is 3.42. The number of nitrogens with zero attached hydrogens (tertiary/aromatic N) is 2. The van der Waals surface area contributed by atoms with Gasteiger partial charge in [-0.15, -0.1) is 11.8 Å². The van der Waals surface area contributed by atoms with Crippen molar-refractivity contribution in [2.24, 2.45) is 5.92 Å². The van der Waals surface area contributed by atoms with Crippen LogP contribution in [0, 0.1) is 5.92 Å². The number of carbonyl (C=O) groups excluding carboxylic acids is 1. The topological polar surface area (TPSA) is 161 Å². The maximum atomic E-state index is 15.0. The molecule has 2 aromatic rings. The van der Waals surface area contributed by atoms with Crippen LogP contribution < -0.4 is 25.4 Å². The molecule has 3 N–H and O–H groups in total. The summed E-state index contributed by atoms with van der Waals surface area (Å²) < 4.78 is 57.2. The molecule has 2 aliphatic rings. The number of ether oxygens (including phenoxy) is 3. The van der Waals surface area contributed by atoms with Crippen LogP contribution in [0.3, 0.4) is 0 Å². The third-order valence-electron chi connectivity index (χ3n) is 5.70. The molecule has 0 aliphatic carbocycles. The van der Waals surface area contributed by atoms with E-state index in [0.717, 1.165) is 16.3 Å². The summed E-state index contributed by atoms with van der Waals surface area (Å²) in [4.78, 5) is 28.2. The Balaban J connectivity index is 1.51. The fourth-order valence-electron chi connectivity index (χ4n) is 3.84. The monoisotopic (exact) mass is 573 g/mol. The highest BCUT2D eigenvalue weighted by Gasteiger charge is 2.46. The minimum absolute atomic E-state index is 0.0168. The summed E-state index contributed by atoms with van der Waals surface area (Å²) in [5, 5.41) is 8.51. The van der Waals surface area contributed by atoms with E-state index in [1.807, 2.05) is 0 Å². The molecule has 1 aromatic heterocycles. The molecule has 2 aliphatic heterocycles. The predicted octanol–water partition coefficient (Wildman–Crippen LogP) is 2.74. The molecule has 38 heavy (non-hydrogen) atoms. The largest absolute Gasteiger partial charge is 0.463 e. The van der Waals surface area contributed by atoms with Crippen molar-refractivity contribution >= 4 is 31.1 Å². The van der Waals surface area contributed by atoms with Gasteiger partial charge < -0.3 is 29.6 Å². The summed E-state index contributed by atoms with van der Waals surface area (Å²) in [6, 6.07) is 5.90. The van der Waals surface area contributed by atoms with Gasteiger partial charge in [0, 0.05) is 12.3 Å². The third kappa shape index (κ3) is 6.42. The molecule has 0 radical (unpaired) electrons. The maximum Gasteiger partial charge on any atom is 0.380 e. The van der Waals surface area contributed by atoms with Crippen LogP contribution in [0.2, 0.25) is 0 Å². The van der Waals surface area contributed by atoms with Crippen LogP contribution in [0.25, 0.3) is 0 Å². The Morgan fingerprint density at radius 3 is 2.76 bits per heavy atom. The Morgan fingerprint density at radius 1 is 1.32 bits per heavy atom. The van der Waals surface area contributed by atoms with E-state index in [0.29, 0.717) is 11.5 Å². The molecular formula is C23H29FN3O9PS. The number of nitrogens with two attached hydrogens (primary N) is 1. The van der Waals surface area contributed by atoms with Gasteiger partial charge in [0.1, 0.15) is 23.0 Å². The molecule has 0 spiro atoms. The van der Waals surface area contributed by atoms with Crippen molar-refractivity contribution in [3.05, 3.63) is 40.9 Å². The van der Waals surface area contributed by atoms with Crippen molar-refractivity contribution in [2.75, 3.05) is 25.3 Å². The zero-order valence-electron chi connectivity index (χ0n) is 20.9. The second-order valence-corrected chi connectivity index (χ2v) is 12.5. The van der Waals surface area contributed by atoms with Gasteiger partial charge in [-0.1, -0.05) is 6.92 Å². The van der Waals surface area contributed by atoms with Crippen LogP contribution in [0.4, 0.5) is 10.2 Å². The van der Waals surface area contributed by atoms with Gasteiger partial charge in [-0.3, -0.25) is 13.9 Å². The van der Waals surface area contributed by atoms with E-state index in [1.54, 1.807) is 19.9 Å². The Kier molecular flexibility index (Phi) is 8.55. The number of nitrogen functional groups attached to an aromatic ring is 1.